The molecule has 1 atom stereocenters. The normalized spacial score (nSPS) is 13.0. The number of benzene rings is 1. The number of carbonyl (C=O) groups is 1. The van der Waals surface area contributed by atoms with E-state index in [0.29, 0.717) is 0 Å². The predicted molar refractivity (Wildman–Crippen MR) is 65.8 cm³/mol. The molecular formula is C12H11ClOS. The molecule has 0 aliphatic carbocycles. The Morgan fingerprint density at radius 2 is 2.20 bits per heavy atom. The molecule has 1 nitrogen and oxygen atoms in total. The highest BCUT2D eigenvalue weighted by molar-refractivity contribution is 7.17. The van der Waals surface area contributed by atoms with E-state index in [9.17, 15) is 4.79 Å². The highest BCUT2D eigenvalue weighted by atomic mass is 35.5. The molecule has 2 aromatic rings. The summed E-state index contributed by atoms with van der Waals surface area (Å²) in [6.07, 6.45) is 0. The summed E-state index contributed by atoms with van der Waals surface area (Å²) in [5.41, 5.74) is 2.13. The maximum Gasteiger partial charge on any atom is 0.152 e. The van der Waals surface area contributed by atoms with Gasteiger partial charge in [-0.2, -0.15) is 0 Å². The first-order chi connectivity index (χ1) is 7.09. The smallest absolute Gasteiger partial charge is 0.152 e. The Hall–Kier alpha value is -0.860. The second-order valence-electron chi connectivity index (χ2n) is 3.66. The zero-order valence-electron chi connectivity index (χ0n) is 8.58. The fourth-order valence-electron chi connectivity index (χ4n) is 1.58. The minimum atomic E-state index is -0.513. The summed E-state index contributed by atoms with van der Waals surface area (Å²) >= 11 is 7.70. The lowest BCUT2D eigenvalue weighted by atomic mass is 10.1. The molecule has 0 bridgehead atoms. The van der Waals surface area contributed by atoms with Crippen LogP contribution in [0.1, 0.15) is 23.4 Å². The van der Waals surface area contributed by atoms with Crippen LogP contribution in [0, 0.1) is 6.92 Å². The monoisotopic (exact) mass is 238 g/mol. The van der Waals surface area contributed by atoms with Gasteiger partial charge in [-0.3, -0.25) is 4.79 Å². The molecule has 0 amide bonds. The zero-order valence-corrected chi connectivity index (χ0v) is 10.2. The fraction of sp³-hybridized carbons (Fsp3) is 0.250. The number of hydrogen-bond donors (Lipinski definition) is 0. The molecule has 0 spiro atoms. The number of ketones is 1. The molecule has 78 valence electrons. The van der Waals surface area contributed by atoms with Crippen LogP contribution in [0.3, 0.4) is 0 Å². The molecule has 0 aliphatic rings. The first-order valence-corrected chi connectivity index (χ1v) is 6.03. The van der Waals surface area contributed by atoms with Gasteiger partial charge in [0.1, 0.15) is 5.38 Å². The summed E-state index contributed by atoms with van der Waals surface area (Å²) in [5.74, 6) is -0.00197. The molecular weight excluding hydrogens is 228 g/mol. The van der Waals surface area contributed by atoms with Gasteiger partial charge in [-0.05, 0) is 36.2 Å². The number of alkyl halides is 1. The van der Waals surface area contributed by atoms with Gasteiger partial charge in [0.05, 0.1) is 0 Å². The molecule has 0 aliphatic heterocycles. The third-order valence-corrected chi connectivity index (χ3v) is 3.91. The Morgan fingerprint density at radius 3 is 2.87 bits per heavy atom. The summed E-state index contributed by atoms with van der Waals surface area (Å²) in [4.78, 5) is 11.2. The zero-order chi connectivity index (χ0) is 11.0. The van der Waals surface area contributed by atoms with Gasteiger partial charge < -0.3 is 0 Å². The molecule has 3 heteroatoms. The SMILES string of the molecule is CC(=O)C(Cl)c1csc2ccc(C)cc12. The van der Waals surface area contributed by atoms with E-state index in [2.05, 4.69) is 18.2 Å². The van der Waals surface area contributed by atoms with Crippen molar-refractivity contribution in [2.45, 2.75) is 19.2 Å². The molecule has 15 heavy (non-hydrogen) atoms. The van der Waals surface area contributed by atoms with Gasteiger partial charge in [0.25, 0.3) is 0 Å². The predicted octanol–water partition coefficient (Wildman–Crippen LogP) is 4.08. The second kappa shape index (κ2) is 3.95. The number of fused-ring (bicyclic) bond motifs is 1. The summed E-state index contributed by atoms with van der Waals surface area (Å²) in [6, 6.07) is 6.22. The number of carbonyl (C=O) groups excluding carboxylic acids is 1. The average Bonchev–Trinajstić information content (AvgIpc) is 2.59. The van der Waals surface area contributed by atoms with Crippen LogP contribution in [0.15, 0.2) is 23.6 Å². The largest absolute Gasteiger partial charge is 0.298 e. The van der Waals surface area contributed by atoms with E-state index in [1.807, 2.05) is 12.3 Å². The Morgan fingerprint density at radius 1 is 1.47 bits per heavy atom. The van der Waals surface area contributed by atoms with Gasteiger partial charge in [-0.1, -0.05) is 17.7 Å². The topological polar surface area (TPSA) is 17.1 Å². The van der Waals surface area contributed by atoms with Crippen LogP contribution in [0.5, 0.6) is 0 Å². The minimum absolute atomic E-state index is 0.00197. The summed E-state index contributed by atoms with van der Waals surface area (Å²) < 4.78 is 1.18. The third-order valence-electron chi connectivity index (χ3n) is 2.39. The van der Waals surface area contributed by atoms with Crippen molar-refractivity contribution in [3.05, 3.63) is 34.7 Å². The lowest BCUT2D eigenvalue weighted by Crippen LogP contribution is -2.00. The maximum absolute atomic E-state index is 11.2. The van der Waals surface area contributed by atoms with Crippen LogP contribution in [0.25, 0.3) is 10.1 Å². The maximum atomic E-state index is 11.2. The lowest BCUT2D eigenvalue weighted by molar-refractivity contribution is -0.116. The van der Waals surface area contributed by atoms with E-state index in [0.717, 1.165) is 10.9 Å². The molecule has 1 unspecified atom stereocenters. The van der Waals surface area contributed by atoms with Gasteiger partial charge in [0.15, 0.2) is 5.78 Å². The van der Waals surface area contributed by atoms with Crippen LogP contribution in [-0.4, -0.2) is 5.78 Å². The molecule has 0 saturated heterocycles. The van der Waals surface area contributed by atoms with Crippen molar-refractivity contribution in [2.75, 3.05) is 0 Å². The van der Waals surface area contributed by atoms with E-state index in [1.54, 1.807) is 11.3 Å². The third kappa shape index (κ3) is 1.92. The summed E-state index contributed by atoms with van der Waals surface area (Å²) in [6.45, 7) is 3.56. The summed E-state index contributed by atoms with van der Waals surface area (Å²) in [5, 5.41) is 2.57. The van der Waals surface area contributed by atoms with Crippen molar-refractivity contribution >= 4 is 38.8 Å². The molecule has 0 radical (unpaired) electrons. The van der Waals surface area contributed by atoms with Gasteiger partial charge >= 0.3 is 0 Å². The van der Waals surface area contributed by atoms with Gasteiger partial charge in [-0.25, -0.2) is 0 Å². The first-order valence-electron chi connectivity index (χ1n) is 4.72. The Bertz CT molecular complexity index is 515. The Labute approximate surface area is 97.7 Å². The van der Waals surface area contributed by atoms with Crippen molar-refractivity contribution in [2.24, 2.45) is 0 Å². The molecule has 1 heterocycles. The number of aryl methyl sites for hydroxylation is 1. The number of halogens is 1. The number of Topliss-reactive ketones (excluding diaryl/α,β-unsaturated/α-hetero) is 1. The van der Waals surface area contributed by atoms with Crippen LogP contribution < -0.4 is 0 Å². The molecule has 1 aromatic heterocycles. The van der Waals surface area contributed by atoms with Crippen molar-refractivity contribution in [1.82, 2.24) is 0 Å². The Kier molecular flexibility index (Phi) is 2.81. The van der Waals surface area contributed by atoms with Crippen LogP contribution in [-0.2, 0) is 4.79 Å². The second-order valence-corrected chi connectivity index (χ2v) is 5.01. The standard InChI is InChI=1S/C12H11ClOS/c1-7-3-4-11-9(5-7)10(6-15-11)12(13)8(2)14/h3-6,12H,1-2H3. The molecule has 0 N–H and O–H groups in total. The van der Waals surface area contributed by atoms with Gasteiger partial charge in [0.2, 0.25) is 0 Å². The van der Waals surface area contributed by atoms with Crippen molar-refractivity contribution < 1.29 is 4.79 Å². The number of rotatable bonds is 2. The van der Waals surface area contributed by atoms with Crippen molar-refractivity contribution in [1.29, 1.82) is 0 Å². The van der Waals surface area contributed by atoms with Crippen LogP contribution >= 0.6 is 22.9 Å². The average molecular weight is 239 g/mol. The highest BCUT2D eigenvalue weighted by Crippen LogP contribution is 2.34. The Balaban J connectivity index is 2.61. The molecule has 1 aromatic carbocycles. The van der Waals surface area contributed by atoms with Crippen molar-refractivity contribution in [3.8, 4) is 0 Å². The number of hydrogen-bond acceptors (Lipinski definition) is 2. The van der Waals surface area contributed by atoms with E-state index in [1.165, 1.54) is 17.2 Å². The summed E-state index contributed by atoms with van der Waals surface area (Å²) in [7, 11) is 0. The van der Waals surface area contributed by atoms with E-state index in [4.69, 9.17) is 11.6 Å². The van der Waals surface area contributed by atoms with Gasteiger partial charge in [-0.15, -0.1) is 22.9 Å². The van der Waals surface area contributed by atoms with Gasteiger partial charge in [0, 0.05) is 4.70 Å². The van der Waals surface area contributed by atoms with E-state index >= 15 is 0 Å². The van der Waals surface area contributed by atoms with Crippen molar-refractivity contribution in [3.63, 3.8) is 0 Å². The van der Waals surface area contributed by atoms with E-state index < -0.39 is 5.38 Å². The lowest BCUT2D eigenvalue weighted by Gasteiger charge is -2.04. The minimum Gasteiger partial charge on any atom is -0.298 e. The molecule has 0 fully saturated rings. The molecule has 0 saturated carbocycles. The van der Waals surface area contributed by atoms with E-state index in [-0.39, 0.29) is 5.78 Å². The number of thiophene rings is 1. The highest BCUT2D eigenvalue weighted by Gasteiger charge is 2.17. The first kappa shape index (κ1) is 10.7. The molecule has 2 rings (SSSR count). The fourth-order valence-corrected chi connectivity index (χ4v) is 2.80. The van der Waals surface area contributed by atoms with Crippen LogP contribution in [0.4, 0.5) is 0 Å². The quantitative estimate of drug-likeness (QED) is 0.721. The van der Waals surface area contributed by atoms with Crippen LogP contribution in [0.2, 0.25) is 0 Å².